The zero-order chi connectivity index (χ0) is 19.9. The molecule has 0 radical (unpaired) electrons. The Hall–Kier alpha value is -2.26. The van der Waals surface area contributed by atoms with Crippen LogP contribution in [0.4, 0.5) is 0 Å². The van der Waals surface area contributed by atoms with E-state index in [0.717, 1.165) is 0 Å². The number of carboxylic acid groups (broad SMARTS) is 1. The fourth-order valence-corrected chi connectivity index (χ4v) is 5.16. The first kappa shape index (κ1) is 19.5. The zero-order valence-electron chi connectivity index (χ0n) is 14.8. The molecule has 0 aliphatic carbocycles. The number of nitrogens with zero attached hydrogens (tertiary/aromatic N) is 2. The molecule has 2 amide bonds. The molecule has 0 saturated carbocycles. The molecule has 8 nitrogen and oxygen atoms in total. The minimum absolute atomic E-state index is 0.0635. The standard InChI is InChI=1S/C17H18ClN3O5S/c1-17(2)12(16(24)25)21-14(23)11(15(21)27-17)19-13(22)10(20-26-3)8-6-4-5-7-9(8)18/h4-7,11-12,15H,1-3H3,(H,19,22)(H,24,25)/t11-,12+,15-/m1/s1. The molecule has 0 unspecified atom stereocenters. The fourth-order valence-electron chi connectivity index (χ4n) is 3.31. The zero-order valence-corrected chi connectivity index (χ0v) is 16.4. The van der Waals surface area contributed by atoms with E-state index in [1.165, 1.54) is 23.8 Å². The molecular formula is C17H18ClN3O5S. The highest BCUT2D eigenvalue weighted by Crippen LogP contribution is 2.50. The number of oxime groups is 1. The van der Waals surface area contributed by atoms with E-state index in [0.29, 0.717) is 10.6 Å². The predicted octanol–water partition coefficient (Wildman–Crippen LogP) is 1.32. The number of hydrogen-bond acceptors (Lipinski definition) is 6. The van der Waals surface area contributed by atoms with E-state index in [-0.39, 0.29) is 5.71 Å². The number of amides is 2. The Kier molecular flexibility index (Phi) is 5.09. The topological polar surface area (TPSA) is 108 Å². The number of aliphatic carboxylic acids is 1. The van der Waals surface area contributed by atoms with Crippen LogP contribution < -0.4 is 5.32 Å². The van der Waals surface area contributed by atoms with E-state index in [1.54, 1.807) is 38.1 Å². The molecule has 0 bridgehead atoms. The van der Waals surface area contributed by atoms with Crippen molar-refractivity contribution in [3.05, 3.63) is 34.9 Å². The van der Waals surface area contributed by atoms with Crippen LogP contribution in [0.1, 0.15) is 19.4 Å². The van der Waals surface area contributed by atoms with Crippen LogP contribution in [0.15, 0.2) is 29.4 Å². The Morgan fingerprint density at radius 3 is 2.63 bits per heavy atom. The molecule has 3 atom stereocenters. The molecule has 27 heavy (non-hydrogen) atoms. The van der Waals surface area contributed by atoms with Gasteiger partial charge in [-0.2, -0.15) is 0 Å². The number of hydrogen-bond donors (Lipinski definition) is 2. The van der Waals surface area contributed by atoms with Gasteiger partial charge in [0.1, 0.15) is 24.6 Å². The van der Waals surface area contributed by atoms with Gasteiger partial charge < -0.3 is 20.2 Å². The predicted molar refractivity (Wildman–Crippen MR) is 101 cm³/mol. The van der Waals surface area contributed by atoms with Crippen LogP contribution in [0, 0.1) is 0 Å². The largest absolute Gasteiger partial charge is 0.480 e. The third-order valence-electron chi connectivity index (χ3n) is 4.49. The van der Waals surface area contributed by atoms with Crippen molar-refractivity contribution in [2.24, 2.45) is 5.16 Å². The van der Waals surface area contributed by atoms with Gasteiger partial charge in [-0.05, 0) is 19.9 Å². The van der Waals surface area contributed by atoms with Crippen LogP contribution in [0.5, 0.6) is 0 Å². The molecule has 0 spiro atoms. The lowest BCUT2D eigenvalue weighted by Gasteiger charge is -2.43. The smallest absolute Gasteiger partial charge is 0.327 e. The van der Waals surface area contributed by atoms with Gasteiger partial charge in [-0.15, -0.1) is 11.8 Å². The van der Waals surface area contributed by atoms with Crippen LogP contribution in [0.3, 0.4) is 0 Å². The Labute approximate surface area is 164 Å². The number of rotatable bonds is 5. The first-order valence-electron chi connectivity index (χ1n) is 8.08. The molecule has 2 fully saturated rings. The normalized spacial score (nSPS) is 26.2. The Morgan fingerprint density at radius 2 is 2.04 bits per heavy atom. The van der Waals surface area contributed by atoms with Gasteiger partial charge in [-0.25, -0.2) is 4.79 Å². The number of fused-ring (bicyclic) bond motifs is 1. The summed E-state index contributed by atoms with van der Waals surface area (Å²) < 4.78 is -0.669. The second-order valence-electron chi connectivity index (χ2n) is 6.65. The van der Waals surface area contributed by atoms with Crippen molar-refractivity contribution in [2.45, 2.75) is 36.1 Å². The molecule has 2 N–H and O–H groups in total. The minimum Gasteiger partial charge on any atom is -0.480 e. The number of halogens is 1. The maximum atomic E-state index is 12.7. The Balaban J connectivity index is 1.81. The van der Waals surface area contributed by atoms with Crippen LogP contribution in [-0.4, -0.2) is 62.8 Å². The molecule has 2 heterocycles. The first-order chi connectivity index (χ1) is 12.7. The average Bonchev–Trinajstić information content (AvgIpc) is 2.86. The maximum Gasteiger partial charge on any atom is 0.327 e. The quantitative estimate of drug-likeness (QED) is 0.430. The van der Waals surface area contributed by atoms with Gasteiger partial charge in [-0.1, -0.05) is 35.0 Å². The van der Waals surface area contributed by atoms with E-state index in [9.17, 15) is 19.5 Å². The summed E-state index contributed by atoms with van der Waals surface area (Å²) in [7, 11) is 1.30. The highest BCUT2D eigenvalue weighted by Gasteiger charge is 2.64. The van der Waals surface area contributed by atoms with Crippen LogP contribution in [0.25, 0.3) is 0 Å². The summed E-state index contributed by atoms with van der Waals surface area (Å²) in [6, 6.07) is 4.86. The van der Waals surface area contributed by atoms with Crippen LogP contribution in [0.2, 0.25) is 5.02 Å². The second-order valence-corrected chi connectivity index (χ2v) is 8.83. The Morgan fingerprint density at radius 1 is 1.37 bits per heavy atom. The van der Waals surface area contributed by atoms with E-state index < -0.39 is 40.0 Å². The highest BCUT2D eigenvalue weighted by molar-refractivity contribution is 8.01. The fraction of sp³-hybridized carbons (Fsp3) is 0.412. The summed E-state index contributed by atoms with van der Waals surface area (Å²) in [5.41, 5.74) is 0.302. The van der Waals surface area contributed by atoms with Gasteiger partial charge in [0, 0.05) is 10.3 Å². The van der Waals surface area contributed by atoms with Crippen LogP contribution >= 0.6 is 23.4 Å². The minimum atomic E-state index is -1.06. The van der Waals surface area contributed by atoms with Crippen molar-refractivity contribution in [1.29, 1.82) is 0 Å². The monoisotopic (exact) mass is 411 g/mol. The van der Waals surface area contributed by atoms with E-state index in [1.807, 2.05) is 0 Å². The summed E-state index contributed by atoms with van der Waals surface area (Å²) in [6.45, 7) is 3.53. The summed E-state index contributed by atoms with van der Waals surface area (Å²) in [6.07, 6.45) is 0. The summed E-state index contributed by atoms with van der Waals surface area (Å²) in [5.74, 6) is -2.12. The lowest BCUT2D eigenvalue weighted by atomic mass is 9.96. The lowest BCUT2D eigenvalue weighted by Crippen LogP contribution is -2.71. The van der Waals surface area contributed by atoms with E-state index >= 15 is 0 Å². The van der Waals surface area contributed by atoms with Crippen molar-refractivity contribution in [1.82, 2.24) is 10.2 Å². The summed E-state index contributed by atoms with van der Waals surface area (Å²) in [4.78, 5) is 42.8. The van der Waals surface area contributed by atoms with E-state index in [2.05, 4.69) is 10.5 Å². The van der Waals surface area contributed by atoms with Crippen molar-refractivity contribution in [3.8, 4) is 0 Å². The Bertz CT molecular complexity index is 844. The number of carbonyl (C=O) groups excluding carboxylic acids is 2. The number of benzene rings is 1. The second kappa shape index (κ2) is 7.05. The SMILES string of the molecule is CON=C(C(=O)N[C@@H]1C(=O)N2[C@@H]1SC(C)(C)[C@@H]2C(=O)O)c1ccccc1Cl. The van der Waals surface area contributed by atoms with E-state index in [4.69, 9.17) is 16.4 Å². The van der Waals surface area contributed by atoms with Gasteiger partial charge >= 0.3 is 5.97 Å². The highest BCUT2D eigenvalue weighted by atomic mass is 35.5. The van der Waals surface area contributed by atoms with Crippen molar-refractivity contribution in [2.75, 3.05) is 7.11 Å². The molecule has 144 valence electrons. The molecule has 2 aliphatic heterocycles. The molecule has 1 aromatic rings. The van der Waals surface area contributed by atoms with Crippen molar-refractivity contribution < 1.29 is 24.3 Å². The number of carboxylic acids is 1. The lowest BCUT2D eigenvalue weighted by molar-refractivity contribution is -0.160. The third kappa shape index (κ3) is 3.25. The molecule has 0 aromatic heterocycles. The van der Waals surface area contributed by atoms with Gasteiger partial charge in [0.15, 0.2) is 5.71 Å². The van der Waals surface area contributed by atoms with Gasteiger partial charge in [-0.3, -0.25) is 9.59 Å². The van der Waals surface area contributed by atoms with Gasteiger partial charge in [0.25, 0.3) is 5.91 Å². The van der Waals surface area contributed by atoms with Crippen LogP contribution in [-0.2, 0) is 19.2 Å². The van der Waals surface area contributed by atoms with Crippen molar-refractivity contribution >= 4 is 46.9 Å². The van der Waals surface area contributed by atoms with Crippen molar-refractivity contribution in [3.63, 3.8) is 0 Å². The maximum absolute atomic E-state index is 12.7. The number of thioether (sulfide) groups is 1. The number of nitrogens with one attached hydrogen (secondary N) is 1. The third-order valence-corrected chi connectivity index (χ3v) is 6.39. The van der Waals surface area contributed by atoms with Gasteiger partial charge in [0.2, 0.25) is 5.91 Å². The molecule has 3 rings (SSSR count). The average molecular weight is 412 g/mol. The molecular weight excluding hydrogens is 394 g/mol. The molecule has 2 aliphatic rings. The first-order valence-corrected chi connectivity index (χ1v) is 9.34. The summed E-state index contributed by atoms with van der Waals surface area (Å²) >= 11 is 7.48. The molecule has 2 saturated heterocycles. The summed E-state index contributed by atoms with van der Waals surface area (Å²) in [5, 5.41) is 15.7. The molecule has 1 aromatic carbocycles. The molecule has 10 heteroatoms. The van der Waals surface area contributed by atoms with Gasteiger partial charge in [0.05, 0.1) is 5.02 Å². The number of carbonyl (C=O) groups is 3. The number of β-lactam (4-membered cyclic amide) rings is 1.